The normalized spacial score (nSPS) is 11.0. The van der Waals surface area contributed by atoms with Crippen molar-refractivity contribution in [3.63, 3.8) is 0 Å². The predicted molar refractivity (Wildman–Crippen MR) is 109 cm³/mol. The van der Waals surface area contributed by atoms with Crippen LogP contribution in [-0.4, -0.2) is 26.4 Å². The van der Waals surface area contributed by atoms with Crippen LogP contribution in [0.25, 0.3) is 16.3 Å². The van der Waals surface area contributed by atoms with Crippen LogP contribution in [0.3, 0.4) is 0 Å². The van der Waals surface area contributed by atoms with Gasteiger partial charge < -0.3 is 10.1 Å². The Balaban J connectivity index is 1.55. The molecule has 27 heavy (non-hydrogen) atoms. The van der Waals surface area contributed by atoms with Crippen molar-refractivity contribution in [3.05, 3.63) is 53.6 Å². The van der Waals surface area contributed by atoms with Crippen molar-refractivity contribution >= 4 is 38.7 Å². The van der Waals surface area contributed by atoms with E-state index in [9.17, 15) is 0 Å². The zero-order valence-electron chi connectivity index (χ0n) is 14.7. The predicted octanol–water partition coefficient (Wildman–Crippen LogP) is 5.43. The van der Waals surface area contributed by atoms with Gasteiger partial charge in [-0.25, -0.2) is 0 Å². The highest BCUT2D eigenvalue weighted by molar-refractivity contribution is 7.20. The number of nitrogens with one attached hydrogen (secondary N) is 1. The van der Waals surface area contributed by atoms with Crippen molar-refractivity contribution < 1.29 is 4.74 Å². The molecule has 2 heterocycles. The van der Waals surface area contributed by atoms with Crippen LogP contribution < -0.4 is 10.1 Å². The molecule has 0 aliphatic carbocycles. The SMILES string of the molecule is CCCCOc1ccc(-c2nnc3sc(Nc4cccc(Cl)c4)nn23)cc1. The van der Waals surface area contributed by atoms with Crippen molar-refractivity contribution in [2.24, 2.45) is 0 Å². The van der Waals surface area contributed by atoms with E-state index in [-0.39, 0.29) is 0 Å². The maximum Gasteiger partial charge on any atom is 0.236 e. The highest BCUT2D eigenvalue weighted by Gasteiger charge is 2.13. The zero-order valence-corrected chi connectivity index (χ0v) is 16.3. The van der Waals surface area contributed by atoms with E-state index in [1.54, 1.807) is 4.52 Å². The lowest BCUT2D eigenvalue weighted by Crippen LogP contribution is -1.97. The summed E-state index contributed by atoms with van der Waals surface area (Å²) in [4.78, 5) is 0.720. The number of hydrogen-bond donors (Lipinski definition) is 1. The Kier molecular flexibility index (Phi) is 5.22. The first-order chi connectivity index (χ1) is 13.2. The van der Waals surface area contributed by atoms with Gasteiger partial charge in [-0.15, -0.1) is 15.3 Å². The van der Waals surface area contributed by atoms with Gasteiger partial charge in [-0.1, -0.05) is 42.3 Å². The van der Waals surface area contributed by atoms with Gasteiger partial charge in [0.25, 0.3) is 0 Å². The molecule has 0 saturated carbocycles. The molecule has 6 nitrogen and oxygen atoms in total. The van der Waals surface area contributed by atoms with Gasteiger partial charge in [-0.2, -0.15) is 4.52 Å². The second-order valence-electron chi connectivity index (χ2n) is 5.99. The van der Waals surface area contributed by atoms with E-state index in [1.165, 1.54) is 11.3 Å². The first kappa shape index (κ1) is 17.8. The molecular weight excluding hydrogens is 382 g/mol. The lowest BCUT2D eigenvalue weighted by Gasteiger charge is -2.05. The van der Waals surface area contributed by atoms with Crippen molar-refractivity contribution in [1.29, 1.82) is 0 Å². The molecule has 0 atom stereocenters. The third kappa shape index (κ3) is 4.04. The van der Waals surface area contributed by atoms with Crippen LogP contribution in [0.5, 0.6) is 5.75 Å². The maximum absolute atomic E-state index is 6.03. The Morgan fingerprint density at radius 2 is 2.00 bits per heavy atom. The topological polar surface area (TPSA) is 64.3 Å². The third-order valence-corrected chi connectivity index (χ3v) is 5.00. The van der Waals surface area contributed by atoms with Gasteiger partial charge in [0.2, 0.25) is 10.1 Å². The molecule has 0 aliphatic heterocycles. The maximum atomic E-state index is 6.03. The molecule has 0 amide bonds. The van der Waals surface area contributed by atoms with Crippen LogP contribution in [0.4, 0.5) is 10.8 Å². The minimum Gasteiger partial charge on any atom is -0.494 e. The fraction of sp³-hybridized carbons (Fsp3) is 0.211. The molecule has 0 spiro atoms. The summed E-state index contributed by atoms with van der Waals surface area (Å²) in [6, 6.07) is 15.4. The summed E-state index contributed by atoms with van der Waals surface area (Å²) in [7, 11) is 0. The summed E-state index contributed by atoms with van der Waals surface area (Å²) in [6.07, 6.45) is 2.17. The van der Waals surface area contributed by atoms with Crippen molar-refractivity contribution in [2.45, 2.75) is 19.8 Å². The average molecular weight is 400 g/mol. The Morgan fingerprint density at radius 1 is 1.15 bits per heavy atom. The Bertz CT molecular complexity index is 1040. The first-order valence-corrected chi connectivity index (χ1v) is 9.90. The van der Waals surface area contributed by atoms with Crippen LogP contribution in [0, 0.1) is 0 Å². The molecule has 2 aromatic heterocycles. The average Bonchev–Trinajstić information content (AvgIpc) is 3.23. The van der Waals surface area contributed by atoms with Gasteiger partial charge in [0.1, 0.15) is 5.75 Å². The number of ether oxygens (including phenoxy) is 1. The van der Waals surface area contributed by atoms with E-state index in [0.717, 1.165) is 46.5 Å². The summed E-state index contributed by atoms with van der Waals surface area (Å²) in [5.74, 6) is 1.55. The molecule has 0 radical (unpaired) electrons. The van der Waals surface area contributed by atoms with Crippen LogP contribution in [-0.2, 0) is 0 Å². The number of halogens is 1. The summed E-state index contributed by atoms with van der Waals surface area (Å²) in [5, 5.41) is 17.7. The minimum atomic E-state index is 0.671. The highest BCUT2D eigenvalue weighted by Crippen LogP contribution is 2.28. The zero-order chi connectivity index (χ0) is 18.6. The molecular formula is C19H18ClN5OS. The molecule has 4 aromatic rings. The number of aromatic nitrogens is 4. The van der Waals surface area contributed by atoms with Crippen molar-refractivity contribution in [1.82, 2.24) is 19.8 Å². The molecule has 0 fully saturated rings. The number of hydrogen-bond acceptors (Lipinski definition) is 6. The molecule has 138 valence electrons. The summed E-state index contributed by atoms with van der Waals surface area (Å²) in [5.41, 5.74) is 1.81. The van der Waals surface area contributed by atoms with Crippen molar-refractivity contribution in [3.8, 4) is 17.1 Å². The molecule has 0 unspecified atom stereocenters. The van der Waals surface area contributed by atoms with E-state index in [4.69, 9.17) is 16.3 Å². The van der Waals surface area contributed by atoms with E-state index < -0.39 is 0 Å². The van der Waals surface area contributed by atoms with E-state index in [2.05, 4.69) is 27.5 Å². The third-order valence-electron chi connectivity index (χ3n) is 3.95. The number of rotatable bonds is 7. The second-order valence-corrected chi connectivity index (χ2v) is 7.38. The highest BCUT2D eigenvalue weighted by atomic mass is 35.5. The molecule has 0 saturated heterocycles. The quantitative estimate of drug-likeness (QED) is 0.420. The molecule has 8 heteroatoms. The number of benzene rings is 2. The van der Waals surface area contributed by atoms with Gasteiger partial charge in [0, 0.05) is 16.3 Å². The molecule has 0 bridgehead atoms. The summed E-state index contributed by atoms with van der Waals surface area (Å²) < 4.78 is 7.45. The lowest BCUT2D eigenvalue weighted by atomic mass is 10.2. The number of anilines is 2. The Morgan fingerprint density at radius 3 is 2.78 bits per heavy atom. The lowest BCUT2D eigenvalue weighted by molar-refractivity contribution is 0.309. The van der Waals surface area contributed by atoms with Crippen LogP contribution >= 0.6 is 22.9 Å². The van der Waals surface area contributed by atoms with E-state index in [1.807, 2.05) is 48.5 Å². The fourth-order valence-electron chi connectivity index (χ4n) is 2.57. The van der Waals surface area contributed by atoms with Crippen LogP contribution in [0.15, 0.2) is 48.5 Å². The fourth-order valence-corrected chi connectivity index (χ4v) is 3.52. The molecule has 4 rings (SSSR count). The van der Waals surface area contributed by atoms with Crippen molar-refractivity contribution in [2.75, 3.05) is 11.9 Å². The van der Waals surface area contributed by atoms with Gasteiger partial charge in [0.05, 0.1) is 6.61 Å². The second kappa shape index (κ2) is 7.94. The smallest absolute Gasteiger partial charge is 0.236 e. The number of nitrogens with zero attached hydrogens (tertiary/aromatic N) is 4. The summed E-state index contributed by atoms with van der Waals surface area (Å²) in [6.45, 7) is 2.88. The van der Waals surface area contributed by atoms with Crippen LogP contribution in [0.1, 0.15) is 19.8 Å². The Labute approximate surface area is 165 Å². The number of fused-ring (bicyclic) bond motifs is 1. The van der Waals surface area contributed by atoms with E-state index >= 15 is 0 Å². The largest absolute Gasteiger partial charge is 0.494 e. The minimum absolute atomic E-state index is 0.671. The van der Waals surface area contributed by atoms with Crippen LogP contribution in [0.2, 0.25) is 5.02 Å². The van der Waals surface area contributed by atoms with Gasteiger partial charge in [0.15, 0.2) is 5.82 Å². The standard InChI is InChI=1S/C19H18ClN5OS/c1-2-3-11-26-16-9-7-13(8-10-16)17-22-23-19-25(17)24-18(27-19)21-15-6-4-5-14(20)12-15/h4-10,12H,2-3,11H2,1H3,(H,21,24). The summed E-state index contributed by atoms with van der Waals surface area (Å²) >= 11 is 7.46. The van der Waals surface area contributed by atoms with E-state index in [0.29, 0.717) is 10.8 Å². The molecule has 0 aliphatic rings. The monoisotopic (exact) mass is 399 g/mol. The first-order valence-electron chi connectivity index (χ1n) is 8.71. The molecule has 2 aromatic carbocycles. The van der Waals surface area contributed by atoms with Gasteiger partial charge >= 0.3 is 0 Å². The number of unbranched alkanes of at least 4 members (excludes halogenated alkanes) is 1. The van der Waals surface area contributed by atoms with Gasteiger partial charge in [-0.3, -0.25) is 0 Å². The molecule has 1 N–H and O–H groups in total. The Hall–Kier alpha value is -2.64. The van der Waals surface area contributed by atoms with Gasteiger partial charge in [-0.05, 0) is 48.9 Å².